The lowest BCUT2D eigenvalue weighted by molar-refractivity contribution is 0.103. The van der Waals surface area contributed by atoms with Crippen LogP contribution in [0.4, 0.5) is 5.69 Å². The minimum atomic E-state index is -0.717. The molecule has 1 aliphatic rings. The van der Waals surface area contributed by atoms with Crippen molar-refractivity contribution in [2.75, 3.05) is 44.4 Å². The van der Waals surface area contributed by atoms with E-state index in [1.165, 1.54) is 32.8 Å². The van der Waals surface area contributed by atoms with Crippen LogP contribution in [0, 0.1) is 0 Å². The van der Waals surface area contributed by atoms with Crippen molar-refractivity contribution in [3.05, 3.63) is 54.1 Å². The highest BCUT2D eigenvalue weighted by atomic mass is 16.5. The van der Waals surface area contributed by atoms with E-state index in [9.17, 15) is 10.2 Å². The summed E-state index contributed by atoms with van der Waals surface area (Å²) in [5.41, 5.74) is 1.74. The van der Waals surface area contributed by atoms with Crippen LogP contribution in [0.5, 0.6) is 0 Å². The van der Waals surface area contributed by atoms with Crippen molar-refractivity contribution in [3.63, 3.8) is 0 Å². The quantitative estimate of drug-likeness (QED) is 0.574. The van der Waals surface area contributed by atoms with Gasteiger partial charge in [-0.15, -0.1) is 0 Å². The number of anilines is 1. The van der Waals surface area contributed by atoms with E-state index in [1.54, 1.807) is 0 Å². The molecular weight excluding hydrogens is 352 g/mol. The Hall–Kier alpha value is -2.18. The number of rotatable bonds is 6. The monoisotopic (exact) mass is 380 g/mol. The molecule has 1 fully saturated rings. The average Bonchev–Trinajstić information content (AvgIpc) is 2.77. The molecule has 28 heavy (non-hydrogen) atoms. The molecule has 0 spiro atoms. The summed E-state index contributed by atoms with van der Waals surface area (Å²) in [5.74, 6) is 0. The molecule has 4 rings (SSSR count). The summed E-state index contributed by atoms with van der Waals surface area (Å²) in [6.45, 7) is 5.43. The number of morpholine rings is 1. The highest BCUT2D eigenvalue weighted by molar-refractivity contribution is 6.14. The third-order valence-corrected chi connectivity index (χ3v) is 5.73. The molecule has 3 aromatic rings. The van der Waals surface area contributed by atoms with E-state index >= 15 is 0 Å². The average molecular weight is 380 g/mol. The Morgan fingerprint density at radius 1 is 0.893 bits per heavy atom. The summed E-state index contributed by atoms with van der Waals surface area (Å²) >= 11 is 0. The fourth-order valence-corrected chi connectivity index (χ4v) is 3.98. The van der Waals surface area contributed by atoms with E-state index in [0.717, 1.165) is 26.3 Å². The second-order valence-electron chi connectivity index (χ2n) is 7.75. The zero-order valence-electron chi connectivity index (χ0n) is 16.3. The third-order valence-electron chi connectivity index (χ3n) is 5.73. The highest BCUT2D eigenvalue weighted by Crippen LogP contribution is 2.39. The topological polar surface area (TPSA) is 65.0 Å². The number of benzene rings is 3. The van der Waals surface area contributed by atoms with Gasteiger partial charge in [-0.05, 0) is 23.3 Å². The Kier molecular flexibility index (Phi) is 5.51. The second kappa shape index (κ2) is 8.05. The van der Waals surface area contributed by atoms with Gasteiger partial charge < -0.3 is 25.2 Å². The lowest BCUT2D eigenvalue weighted by Crippen LogP contribution is -2.48. The summed E-state index contributed by atoms with van der Waals surface area (Å²) in [6, 6.07) is 17.0. The van der Waals surface area contributed by atoms with Crippen LogP contribution in [-0.4, -0.2) is 55.3 Å². The molecule has 0 bridgehead atoms. The Balaban J connectivity index is 1.90. The summed E-state index contributed by atoms with van der Waals surface area (Å²) in [4.78, 5) is 2.43. The highest BCUT2D eigenvalue weighted by Gasteiger charge is 2.24. The number of hydrogen-bond donors (Lipinski definition) is 3. The van der Waals surface area contributed by atoms with E-state index in [2.05, 4.69) is 58.7 Å². The van der Waals surface area contributed by atoms with Gasteiger partial charge in [0.05, 0.1) is 37.7 Å². The number of nitrogens with one attached hydrogen (secondary N) is 1. The molecule has 3 N–H and O–H groups in total. The number of aliphatic hydroxyl groups excluding tert-OH is 2. The third kappa shape index (κ3) is 3.47. The minimum Gasteiger partial charge on any atom is -0.394 e. The maximum atomic E-state index is 9.66. The molecule has 5 heteroatoms. The molecule has 0 aromatic heterocycles. The van der Waals surface area contributed by atoms with Crippen LogP contribution in [-0.2, 0) is 11.3 Å². The Bertz CT molecular complexity index is 906. The van der Waals surface area contributed by atoms with Crippen molar-refractivity contribution in [2.45, 2.75) is 19.0 Å². The number of fused-ring (bicyclic) bond motifs is 2. The predicted molar refractivity (Wildman–Crippen MR) is 114 cm³/mol. The van der Waals surface area contributed by atoms with Gasteiger partial charge in [0, 0.05) is 30.4 Å². The molecule has 0 radical (unpaired) electrons. The molecule has 0 unspecified atom stereocenters. The number of aliphatic hydroxyl groups is 2. The van der Waals surface area contributed by atoms with Crippen LogP contribution in [0.25, 0.3) is 21.5 Å². The van der Waals surface area contributed by atoms with Crippen LogP contribution in [0.1, 0.15) is 12.5 Å². The van der Waals surface area contributed by atoms with E-state index in [-0.39, 0.29) is 13.2 Å². The molecular formula is C23H28N2O3. The standard InChI is InChI=1S/C23H28N2O3/c1-23(15-26,16-27)24-14-21-17-6-2-4-8-19(17)22(25-10-12-28-13-11-25)20-9-5-3-7-18(20)21/h2-9,24,26-27H,10-16H2,1H3. The smallest absolute Gasteiger partial charge is 0.0642 e. The van der Waals surface area contributed by atoms with Crippen molar-refractivity contribution in [3.8, 4) is 0 Å². The minimum absolute atomic E-state index is 0.120. The molecule has 1 heterocycles. The molecule has 0 amide bonds. The largest absolute Gasteiger partial charge is 0.394 e. The van der Waals surface area contributed by atoms with Crippen molar-refractivity contribution >= 4 is 27.2 Å². The maximum absolute atomic E-state index is 9.66. The van der Waals surface area contributed by atoms with Crippen LogP contribution >= 0.6 is 0 Å². The summed E-state index contributed by atoms with van der Waals surface area (Å²) in [6.07, 6.45) is 0. The van der Waals surface area contributed by atoms with Gasteiger partial charge in [0.1, 0.15) is 0 Å². The maximum Gasteiger partial charge on any atom is 0.0642 e. The molecule has 148 valence electrons. The van der Waals surface area contributed by atoms with Crippen LogP contribution in [0.2, 0.25) is 0 Å². The molecule has 0 saturated carbocycles. The van der Waals surface area contributed by atoms with Crippen molar-refractivity contribution in [2.24, 2.45) is 0 Å². The van der Waals surface area contributed by atoms with Gasteiger partial charge in [0.15, 0.2) is 0 Å². The summed E-state index contributed by atoms with van der Waals surface area (Å²) < 4.78 is 5.57. The number of nitrogens with zero attached hydrogens (tertiary/aromatic N) is 1. The Labute approximate surface area is 165 Å². The Morgan fingerprint density at radius 2 is 1.39 bits per heavy atom. The first-order valence-electron chi connectivity index (χ1n) is 9.88. The molecule has 0 atom stereocenters. The SMILES string of the molecule is CC(CO)(CO)NCc1c2ccccc2c(N2CCOCC2)c2ccccc12. The molecule has 1 saturated heterocycles. The number of ether oxygens (including phenoxy) is 1. The van der Waals surface area contributed by atoms with Gasteiger partial charge >= 0.3 is 0 Å². The molecule has 1 aliphatic heterocycles. The van der Waals surface area contributed by atoms with Crippen LogP contribution in [0.15, 0.2) is 48.5 Å². The van der Waals surface area contributed by atoms with Gasteiger partial charge in [-0.1, -0.05) is 48.5 Å². The lowest BCUT2D eigenvalue weighted by Gasteiger charge is -2.32. The van der Waals surface area contributed by atoms with Gasteiger partial charge in [0.25, 0.3) is 0 Å². The zero-order valence-corrected chi connectivity index (χ0v) is 16.3. The van der Waals surface area contributed by atoms with Crippen molar-refractivity contribution < 1.29 is 14.9 Å². The van der Waals surface area contributed by atoms with E-state index < -0.39 is 5.54 Å². The Morgan fingerprint density at radius 3 is 1.89 bits per heavy atom. The molecule has 3 aromatic carbocycles. The van der Waals surface area contributed by atoms with Gasteiger partial charge in [0.2, 0.25) is 0 Å². The van der Waals surface area contributed by atoms with Gasteiger partial charge in [-0.2, -0.15) is 0 Å². The molecule has 0 aliphatic carbocycles. The van der Waals surface area contributed by atoms with Crippen molar-refractivity contribution in [1.29, 1.82) is 0 Å². The first-order chi connectivity index (χ1) is 13.7. The van der Waals surface area contributed by atoms with Gasteiger partial charge in [-0.3, -0.25) is 0 Å². The van der Waals surface area contributed by atoms with E-state index in [0.29, 0.717) is 6.54 Å². The fourth-order valence-electron chi connectivity index (χ4n) is 3.98. The fraction of sp³-hybridized carbons (Fsp3) is 0.391. The predicted octanol–water partition coefficient (Wildman–Crippen LogP) is 2.66. The number of hydrogen-bond acceptors (Lipinski definition) is 5. The summed E-state index contributed by atoms with van der Waals surface area (Å²) in [5, 5.41) is 27.6. The lowest BCUT2D eigenvalue weighted by atomic mass is 9.93. The van der Waals surface area contributed by atoms with Crippen LogP contribution in [0.3, 0.4) is 0 Å². The zero-order chi connectivity index (χ0) is 19.6. The second-order valence-corrected chi connectivity index (χ2v) is 7.75. The molecule has 5 nitrogen and oxygen atoms in total. The van der Waals surface area contributed by atoms with Gasteiger partial charge in [-0.25, -0.2) is 0 Å². The van der Waals surface area contributed by atoms with E-state index in [1.807, 2.05) is 6.92 Å². The normalized spacial score (nSPS) is 15.5. The van der Waals surface area contributed by atoms with Crippen molar-refractivity contribution in [1.82, 2.24) is 5.32 Å². The summed E-state index contributed by atoms with van der Waals surface area (Å²) in [7, 11) is 0. The van der Waals surface area contributed by atoms with E-state index in [4.69, 9.17) is 4.74 Å². The first-order valence-corrected chi connectivity index (χ1v) is 9.88. The van der Waals surface area contributed by atoms with Crippen LogP contribution < -0.4 is 10.2 Å². The first kappa shape index (κ1) is 19.2.